The van der Waals surface area contributed by atoms with Crippen LogP contribution in [0.3, 0.4) is 0 Å². The molecule has 2 nitrogen and oxygen atoms in total. The van der Waals surface area contributed by atoms with E-state index in [1.807, 2.05) is 0 Å². The molecule has 0 atom stereocenters. The molecule has 0 radical (unpaired) electrons. The standard InChI is InChI=1S/C44H30N2/c1-3-15-34(16-4-1)45(37-27-28-43-41(30-37)40-21-11-12-22-42(40)46(43)35-17-5-2-6-18-35)36-25-23-31(24-26-36)44-38-19-9-7-13-32(38)29-33-14-8-10-20-39(33)44/h1-30H. The van der Waals surface area contributed by atoms with Crippen LogP contribution in [0.5, 0.6) is 0 Å². The van der Waals surface area contributed by atoms with E-state index in [4.69, 9.17) is 0 Å². The predicted octanol–water partition coefficient (Wildman–Crippen LogP) is 12.2. The van der Waals surface area contributed by atoms with Gasteiger partial charge in [0.2, 0.25) is 0 Å². The smallest absolute Gasteiger partial charge is 0.0542 e. The second-order valence-electron chi connectivity index (χ2n) is 11.8. The Labute approximate surface area is 268 Å². The lowest BCUT2D eigenvalue weighted by Crippen LogP contribution is -2.09. The fourth-order valence-electron chi connectivity index (χ4n) is 7.08. The Kier molecular flexibility index (Phi) is 6.17. The number of hydrogen-bond acceptors (Lipinski definition) is 1. The molecular weight excluding hydrogens is 556 g/mol. The molecule has 0 N–H and O–H groups in total. The molecule has 0 unspecified atom stereocenters. The van der Waals surface area contributed by atoms with Crippen LogP contribution in [-0.4, -0.2) is 4.57 Å². The van der Waals surface area contributed by atoms with Crippen molar-refractivity contribution in [2.45, 2.75) is 0 Å². The van der Waals surface area contributed by atoms with E-state index in [0.717, 1.165) is 22.7 Å². The van der Waals surface area contributed by atoms with E-state index in [2.05, 4.69) is 191 Å². The van der Waals surface area contributed by atoms with Crippen LogP contribution in [0, 0.1) is 0 Å². The summed E-state index contributed by atoms with van der Waals surface area (Å²) in [5, 5.41) is 7.54. The lowest BCUT2D eigenvalue weighted by Gasteiger charge is -2.26. The summed E-state index contributed by atoms with van der Waals surface area (Å²) in [4.78, 5) is 2.36. The highest BCUT2D eigenvalue weighted by molar-refractivity contribution is 6.13. The number of aromatic nitrogens is 1. The Hall–Kier alpha value is -6.12. The van der Waals surface area contributed by atoms with E-state index in [9.17, 15) is 0 Å². The normalized spacial score (nSPS) is 11.5. The first-order valence-electron chi connectivity index (χ1n) is 15.8. The molecule has 0 fully saturated rings. The van der Waals surface area contributed by atoms with Crippen molar-refractivity contribution in [3.05, 3.63) is 182 Å². The SMILES string of the molecule is c1ccc(N(c2ccc(-c3c4ccccc4cc4ccccc34)cc2)c2ccc3c(c2)c2ccccc2n3-c2ccccc2)cc1. The Morgan fingerprint density at radius 1 is 0.348 bits per heavy atom. The van der Waals surface area contributed by atoms with Crippen molar-refractivity contribution in [3.8, 4) is 16.8 Å². The Balaban J connectivity index is 1.22. The zero-order valence-corrected chi connectivity index (χ0v) is 25.2. The minimum absolute atomic E-state index is 1.12. The van der Waals surface area contributed by atoms with Crippen LogP contribution >= 0.6 is 0 Å². The van der Waals surface area contributed by atoms with Crippen LogP contribution in [0.2, 0.25) is 0 Å². The maximum atomic E-state index is 2.37. The van der Waals surface area contributed by atoms with Crippen LogP contribution in [0.25, 0.3) is 60.2 Å². The van der Waals surface area contributed by atoms with Crippen LogP contribution in [-0.2, 0) is 0 Å². The third-order valence-corrected chi connectivity index (χ3v) is 9.13. The highest BCUT2D eigenvalue weighted by Crippen LogP contribution is 2.41. The molecule has 46 heavy (non-hydrogen) atoms. The van der Waals surface area contributed by atoms with Crippen molar-refractivity contribution in [3.63, 3.8) is 0 Å². The van der Waals surface area contributed by atoms with Gasteiger partial charge < -0.3 is 9.47 Å². The Morgan fingerprint density at radius 2 is 0.870 bits per heavy atom. The van der Waals surface area contributed by atoms with E-state index >= 15 is 0 Å². The van der Waals surface area contributed by atoms with Crippen molar-refractivity contribution >= 4 is 60.4 Å². The summed E-state index contributed by atoms with van der Waals surface area (Å²) in [5.41, 5.74) is 9.42. The van der Waals surface area contributed by atoms with Crippen LogP contribution in [0.15, 0.2) is 182 Å². The van der Waals surface area contributed by atoms with Crippen molar-refractivity contribution in [2.24, 2.45) is 0 Å². The van der Waals surface area contributed by atoms with Gasteiger partial charge in [0.25, 0.3) is 0 Å². The van der Waals surface area contributed by atoms with Crippen molar-refractivity contribution in [1.29, 1.82) is 0 Å². The van der Waals surface area contributed by atoms with Gasteiger partial charge in [-0.25, -0.2) is 0 Å². The van der Waals surface area contributed by atoms with E-state index in [0.29, 0.717) is 0 Å². The van der Waals surface area contributed by atoms with E-state index in [1.165, 1.54) is 54.5 Å². The third kappa shape index (κ3) is 4.27. The summed E-state index contributed by atoms with van der Waals surface area (Å²) in [6.45, 7) is 0. The highest BCUT2D eigenvalue weighted by Gasteiger charge is 2.18. The van der Waals surface area contributed by atoms with Gasteiger partial charge in [-0.3, -0.25) is 0 Å². The molecule has 9 aromatic rings. The van der Waals surface area contributed by atoms with Gasteiger partial charge in [-0.2, -0.15) is 0 Å². The molecule has 1 heterocycles. The fourth-order valence-corrected chi connectivity index (χ4v) is 7.08. The molecule has 1 aromatic heterocycles. The monoisotopic (exact) mass is 586 g/mol. The van der Waals surface area contributed by atoms with Gasteiger partial charge in [-0.1, -0.05) is 115 Å². The summed E-state index contributed by atoms with van der Waals surface area (Å²) < 4.78 is 2.37. The molecule has 8 aromatic carbocycles. The second-order valence-corrected chi connectivity index (χ2v) is 11.8. The molecule has 0 bridgehead atoms. The van der Waals surface area contributed by atoms with Crippen LogP contribution < -0.4 is 4.90 Å². The van der Waals surface area contributed by atoms with Gasteiger partial charge in [-0.05, 0) is 99.4 Å². The number of fused-ring (bicyclic) bond motifs is 5. The lowest BCUT2D eigenvalue weighted by atomic mass is 9.92. The van der Waals surface area contributed by atoms with Crippen molar-refractivity contribution in [2.75, 3.05) is 4.90 Å². The molecule has 0 aliphatic carbocycles. The minimum Gasteiger partial charge on any atom is -0.310 e. The quantitative estimate of drug-likeness (QED) is 0.182. The topological polar surface area (TPSA) is 8.17 Å². The van der Waals surface area contributed by atoms with E-state index < -0.39 is 0 Å². The number of para-hydroxylation sites is 3. The lowest BCUT2D eigenvalue weighted by molar-refractivity contribution is 1.18. The molecule has 2 heteroatoms. The van der Waals surface area contributed by atoms with Gasteiger partial charge in [0.05, 0.1) is 11.0 Å². The van der Waals surface area contributed by atoms with Crippen LogP contribution in [0.4, 0.5) is 17.1 Å². The number of benzene rings is 8. The maximum Gasteiger partial charge on any atom is 0.0542 e. The fraction of sp³-hybridized carbons (Fsp3) is 0. The molecule has 0 saturated carbocycles. The summed E-state index contributed by atoms with van der Waals surface area (Å²) >= 11 is 0. The second kappa shape index (κ2) is 10.8. The van der Waals surface area contributed by atoms with Crippen molar-refractivity contribution < 1.29 is 0 Å². The molecule has 0 amide bonds. The third-order valence-electron chi connectivity index (χ3n) is 9.13. The number of anilines is 3. The molecule has 0 aliphatic heterocycles. The van der Waals surface area contributed by atoms with E-state index in [-0.39, 0.29) is 0 Å². The van der Waals surface area contributed by atoms with Gasteiger partial charge >= 0.3 is 0 Å². The average molecular weight is 587 g/mol. The Bertz CT molecular complexity index is 2460. The summed E-state index contributed by atoms with van der Waals surface area (Å²) in [5.74, 6) is 0. The zero-order chi connectivity index (χ0) is 30.5. The number of rotatable bonds is 5. The van der Waals surface area contributed by atoms with Gasteiger partial charge in [0.15, 0.2) is 0 Å². The highest BCUT2D eigenvalue weighted by atomic mass is 15.1. The molecule has 0 spiro atoms. The van der Waals surface area contributed by atoms with Gasteiger partial charge in [-0.15, -0.1) is 0 Å². The Morgan fingerprint density at radius 3 is 1.57 bits per heavy atom. The predicted molar refractivity (Wildman–Crippen MR) is 196 cm³/mol. The molecular formula is C44H30N2. The average Bonchev–Trinajstić information content (AvgIpc) is 3.46. The number of hydrogen-bond donors (Lipinski definition) is 0. The van der Waals surface area contributed by atoms with E-state index in [1.54, 1.807) is 0 Å². The van der Waals surface area contributed by atoms with Gasteiger partial charge in [0.1, 0.15) is 0 Å². The first kappa shape index (κ1) is 26.3. The summed E-state index contributed by atoms with van der Waals surface area (Å²) in [6, 6.07) is 65.6. The van der Waals surface area contributed by atoms with Crippen LogP contribution in [0.1, 0.15) is 0 Å². The van der Waals surface area contributed by atoms with Crippen molar-refractivity contribution in [1.82, 2.24) is 4.57 Å². The molecule has 216 valence electrons. The molecule has 9 rings (SSSR count). The first-order valence-corrected chi connectivity index (χ1v) is 15.8. The summed E-state index contributed by atoms with van der Waals surface area (Å²) in [6.07, 6.45) is 0. The molecule has 0 saturated heterocycles. The summed E-state index contributed by atoms with van der Waals surface area (Å²) in [7, 11) is 0. The first-order chi connectivity index (χ1) is 22.8. The number of nitrogens with zero attached hydrogens (tertiary/aromatic N) is 2. The maximum absolute atomic E-state index is 2.37. The van der Waals surface area contributed by atoms with Gasteiger partial charge in [0, 0.05) is 33.5 Å². The largest absolute Gasteiger partial charge is 0.310 e. The minimum atomic E-state index is 1.12. The zero-order valence-electron chi connectivity index (χ0n) is 25.2. The molecule has 0 aliphatic rings.